The molecular formula is C12H21FO5. The van der Waals surface area contributed by atoms with E-state index in [0.29, 0.717) is 6.42 Å². The molecule has 0 aliphatic carbocycles. The summed E-state index contributed by atoms with van der Waals surface area (Å²) in [6.45, 7) is 6.73. The minimum absolute atomic E-state index is 0.220. The zero-order valence-corrected chi connectivity index (χ0v) is 11.2. The van der Waals surface area contributed by atoms with Gasteiger partial charge in [-0.15, -0.1) is 0 Å². The van der Waals surface area contributed by atoms with E-state index in [1.54, 1.807) is 13.8 Å². The molecule has 2 rings (SSSR count). The fourth-order valence-corrected chi connectivity index (χ4v) is 2.19. The van der Waals surface area contributed by atoms with Crippen molar-refractivity contribution in [1.82, 2.24) is 0 Å². The van der Waals surface area contributed by atoms with Crippen LogP contribution in [-0.4, -0.2) is 48.0 Å². The van der Waals surface area contributed by atoms with Crippen LogP contribution >= 0.6 is 0 Å². The van der Waals surface area contributed by atoms with E-state index in [4.69, 9.17) is 18.9 Å². The van der Waals surface area contributed by atoms with E-state index < -0.39 is 36.2 Å². The molecule has 1 unspecified atom stereocenters. The molecule has 2 aliphatic rings. The van der Waals surface area contributed by atoms with Crippen LogP contribution in [0.2, 0.25) is 0 Å². The predicted molar refractivity (Wildman–Crippen MR) is 60.5 cm³/mol. The van der Waals surface area contributed by atoms with Crippen LogP contribution in [0.1, 0.15) is 34.1 Å². The van der Waals surface area contributed by atoms with Crippen LogP contribution in [0.4, 0.5) is 4.39 Å². The predicted octanol–water partition coefficient (Wildman–Crippen LogP) is 1.34. The molecule has 5 nitrogen and oxygen atoms in total. The second-order valence-corrected chi connectivity index (χ2v) is 5.67. The van der Waals surface area contributed by atoms with Gasteiger partial charge in [-0.1, -0.05) is 0 Å². The maximum Gasteiger partial charge on any atom is 0.190 e. The van der Waals surface area contributed by atoms with Gasteiger partial charge in [-0.05, 0) is 27.7 Å². The van der Waals surface area contributed by atoms with Crippen LogP contribution < -0.4 is 0 Å². The number of hydrogen-bond acceptors (Lipinski definition) is 5. The average molecular weight is 264 g/mol. The van der Waals surface area contributed by atoms with E-state index in [0.717, 1.165) is 0 Å². The second kappa shape index (κ2) is 4.68. The number of rotatable bonds is 4. The van der Waals surface area contributed by atoms with Gasteiger partial charge in [0.05, 0.1) is 12.7 Å². The third kappa shape index (κ3) is 3.19. The summed E-state index contributed by atoms with van der Waals surface area (Å²) >= 11 is 0. The van der Waals surface area contributed by atoms with Crippen molar-refractivity contribution in [3.8, 4) is 0 Å². The summed E-state index contributed by atoms with van der Waals surface area (Å²) in [4.78, 5) is 0. The Morgan fingerprint density at radius 3 is 2.56 bits per heavy atom. The molecule has 18 heavy (non-hydrogen) atoms. The summed E-state index contributed by atoms with van der Waals surface area (Å²) in [7, 11) is 0. The molecule has 2 heterocycles. The fourth-order valence-electron chi connectivity index (χ4n) is 2.19. The molecule has 2 aliphatic heterocycles. The first-order valence-electron chi connectivity index (χ1n) is 6.19. The van der Waals surface area contributed by atoms with Gasteiger partial charge in [0.2, 0.25) is 0 Å². The summed E-state index contributed by atoms with van der Waals surface area (Å²) in [6, 6.07) is 0. The Balaban J connectivity index is 1.81. The lowest BCUT2D eigenvalue weighted by Gasteiger charge is -2.23. The topological polar surface area (TPSA) is 57.2 Å². The smallest absolute Gasteiger partial charge is 0.190 e. The quantitative estimate of drug-likeness (QED) is 0.776. The summed E-state index contributed by atoms with van der Waals surface area (Å²) in [5.41, 5.74) is 0. The standard InChI is InChI=1S/C12H21FO5/c1-11(2,14)15-6-5-7-8(13)9-10(16-7)18-12(3,4)17-9/h7-10,14H,5-6H2,1-4H3/t7-,8?,9-,10-/m1/s1. The molecule has 6 heteroatoms. The molecular weight excluding hydrogens is 243 g/mol. The van der Waals surface area contributed by atoms with Crippen LogP contribution in [0.15, 0.2) is 0 Å². The van der Waals surface area contributed by atoms with Gasteiger partial charge in [0.25, 0.3) is 0 Å². The lowest BCUT2D eigenvalue weighted by atomic mass is 10.1. The molecule has 2 saturated heterocycles. The fraction of sp³-hybridized carbons (Fsp3) is 1.00. The molecule has 0 radical (unpaired) electrons. The third-order valence-corrected chi connectivity index (χ3v) is 2.92. The van der Waals surface area contributed by atoms with Gasteiger partial charge < -0.3 is 24.1 Å². The van der Waals surface area contributed by atoms with Crippen molar-refractivity contribution in [3.63, 3.8) is 0 Å². The van der Waals surface area contributed by atoms with Crippen LogP contribution in [0.5, 0.6) is 0 Å². The van der Waals surface area contributed by atoms with Gasteiger partial charge >= 0.3 is 0 Å². The van der Waals surface area contributed by atoms with E-state index in [1.165, 1.54) is 13.8 Å². The van der Waals surface area contributed by atoms with Gasteiger partial charge in [-0.25, -0.2) is 4.39 Å². The highest BCUT2D eigenvalue weighted by Crippen LogP contribution is 2.39. The molecule has 2 fully saturated rings. The van der Waals surface area contributed by atoms with Gasteiger partial charge in [-0.3, -0.25) is 0 Å². The highest BCUT2D eigenvalue weighted by atomic mass is 19.1. The molecule has 0 bridgehead atoms. The van der Waals surface area contributed by atoms with Crippen molar-refractivity contribution in [2.24, 2.45) is 0 Å². The van der Waals surface area contributed by atoms with Gasteiger partial charge in [0.1, 0.15) is 6.10 Å². The number of hydrogen-bond donors (Lipinski definition) is 1. The first kappa shape index (κ1) is 14.1. The maximum atomic E-state index is 14.1. The number of fused-ring (bicyclic) bond motifs is 1. The lowest BCUT2D eigenvalue weighted by molar-refractivity contribution is -0.217. The summed E-state index contributed by atoms with van der Waals surface area (Å²) in [6.07, 6.45) is -2.82. The van der Waals surface area contributed by atoms with Crippen molar-refractivity contribution in [2.75, 3.05) is 6.61 Å². The molecule has 0 aromatic carbocycles. The van der Waals surface area contributed by atoms with Gasteiger partial charge in [-0.2, -0.15) is 0 Å². The highest BCUT2D eigenvalue weighted by molar-refractivity contribution is 4.93. The summed E-state index contributed by atoms with van der Waals surface area (Å²) in [5.74, 6) is -2.01. The molecule has 0 aromatic heterocycles. The highest BCUT2D eigenvalue weighted by Gasteiger charge is 2.55. The molecule has 106 valence electrons. The zero-order valence-electron chi connectivity index (χ0n) is 11.2. The third-order valence-electron chi connectivity index (χ3n) is 2.92. The Bertz CT molecular complexity index is 301. The number of halogens is 1. The van der Waals surface area contributed by atoms with E-state index in [2.05, 4.69) is 0 Å². The normalized spacial score (nSPS) is 39.0. The second-order valence-electron chi connectivity index (χ2n) is 5.67. The lowest BCUT2D eigenvalue weighted by Crippen LogP contribution is -2.33. The van der Waals surface area contributed by atoms with Crippen molar-refractivity contribution >= 4 is 0 Å². The molecule has 0 spiro atoms. The minimum atomic E-state index is -1.23. The number of ether oxygens (including phenoxy) is 4. The first-order chi connectivity index (χ1) is 8.18. The number of alkyl halides is 1. The van der Waals surface area contributed by atoms with Crippen molar-refractivity contribution in [1.29, 1.82) is 0 Å². The molecule has 0 aromatic rings. The largest absolute Gasteiger partial charge is 0.366 e. The van der Waals surface area contributed by atoms with Gasteiger partial charge in [0.15, 0.2) is 24.0 Å². The van der Waals surface area contributed by atoms with E-state index in [-0.39, 0.29) is 6.61 Å². The van der Waals surface area contributed by atoms with E-state index >= 15 is 0 Å². The maximum absolute atomic E-state index is 14.1. The minimum Gasteiger partial charge on any atom is -0.366 e. The molecule has 1 N–H and O–H groups in total. The summed E-state index contributed by atoms with van der Waals surface area (Å²) < 4.78 is 35.5. The molecule has 4 atom stereocenters. The monoisotopic (exact) mass is 264 g/mol. The molecule has 0 amide bonds. The Morgan fingerprint density at radius 2 is 2.00 bits per heavy atom. The molecule has 0 saturated carbocycles. The van der Waals surface area contributed by atoms with E-state index in [9.17, 15) is 9.50 Å². The van der Waals surface area contributed by atoms with Crippen molar-refractivity contribution < 1.29 is 28.4 Å². The first-order valence-corrected chi connectivity index (χ1v) is 6.19. The van der Waals surface area contributed by atoms with Gasteiger partial charge in [0, 0.05) is 6.42 Å². The van der Waals surface area contributed by atoms with Crippen LogP contribution in [0.25, 0.3) is 0 Å². The average Bonchev–Trinajstić information content (AvgIpc) is 2.61. The Hall–Kier alpha value is -0.270. The Morgan fingerprint density at radius 1 is 1.33 bits per heavy atom. The van der Waals surface area contributed by atoms with Crippen LogP contribution in [0.3, 0.4) is 0 Å². The van der Waals surface area contributed by atoms with Crippen LogP contribution in [-0.2, 0) is 18.9 Å². The van der Waals surface area contributed by atoms with Crippen LogP contribution in [0, 0.1) is 0 Å². The SMILES string of the molecule is CC(C)(O)OCC[C@H]1O[C@@H]2OC(C)(C)O[C@@H]2C1F. The Labute approximate surface area is 106 Å². The zero-order chi connectivity index (χ0) is 13.6. The number of aliphatic hydroxyl groups is 1. The van der Waals surface area contributed by atoms with Crippen molar-refractivity contribution in [2.45, 2.75) is 70.4 Å². The summed E-state index contributed by atoms with van der Waals surface area (Å²) in [5, 5.41) is 9.38. The van der Waals surface area contributed by atoms with Crippen molar-refractivity contribution in [3.05, 3.63) is 0 Å². The Kier molecular flexibility index (Phi) is 3.68. The van der Waals surface area contributed by atoms with E-state index in [1.807, 2.05) is 0 Å².